The van der Waals surface area contributed by atoms with E-state index in [0.29, 0.717) is 30.1 Å². The van der Waals surface area contributed by atoms with Crippen molar-refractivity contribution in [2.24, 2.45) is 10.2 Å². The third kappa shape index (κ3) is 6.83. The van der Waals surface area contributed by atoms with Crippen LogP contribution in [0.15, 0.2) is 22.4 Å². The van der Waals surface area contributed by atoms with Gasteiger partial charge in [0.05, 0.1) is 12.3 Å². The fourth-order valence-electron chi connectivity index (χ4n) is 4.36. The Hall–Kier alpha value is -2.44. The number of esters is 1. The van der Waals surface area contributed by atoms with E-state index >= 15 is 0 Å². The van der Waals surface area contributed by atoms with Gasteiger partial charge in [-0.3, -0.25) is 4.21 Å². The lowest BCUT2D eigenvalue weighted by Crippen LogP contribution is -2.45. The van der Waals surface area contributed by atoms with Gasteiger partial charge in [0, 0.05) is 29.0 Å². The Bertz CT molecular complexity index is 1060. The zero-order valence-corrected chi connectivity index (χ0v) is 22.3. The highest BCUT2D eigenvalue weighted by Crippen LogP contribution is 2.41. The zero-order valence-electron chi connectivity index (χ0n) is 20.7. The lowest BCUT2D eigenvalue weighted by molar-refractivity contribution is 0.0498. The molecule has 35 heavy (non-hydrogen) atoms. The fraction of sp³-hybridized carbons (Fsp3) is 0.609. The van der Waals surface area contributed by atoms with E-state index < -0.39 is 17.2 Å². The van der Waals surface area contributed by atoms with Gasteiger partial charge in [-0.1, -0.05) is 45.5 Å². The van der Waals surface area contributed by atoms with Crippen molar-refractivity contribution in [3.63, 3.8) is 0 Å². The standard InChI is InChI=1S/C23H34N6O4S2/c1-5-9-12-33-22(30)21-25-27-23(34-21)26-24-18-13-15-10-11-17(8-4)29(16(6-2)7-3)20(15)14-19(18)28-35(31)32/h13-14,16-17,28H,5-12H2,1-4H3,(H,31,32)/p-1. The van der Waals surface area contributed by atoms with Crippen molar-refractivity contribution in [2.45, 2.75) is 84.7 Å². The van der Waals surface area contributed by atoms with Crippen LogP contribution in [-0.2, 0) is 22.4 Å². The quantitative estimate of drug-likeness (QED) is 0.161. The van der Waals surface area contributed by atoms with E-state index in [0.717, 1.165) is 67.5 Å². The van der Waals surface area contributed by atoms with Crippen LogP contribution in [0.2, 0.25) is 0 Å². The van der Waals surface area contributed by atoms with Gasteiger partial charge >= 0.3 is 5.97 Å². The molecule has 1 aromatic heterocycles. The van der Waals surface area contributed by atoms with Gasteiger partial charge in [-0.25, -0.2) is 4.79 Å². The molecule has 3 rings (SSSR count). The summed E-state index contributed by atoms with van der Waals surface area (Å²) < 4.78 is 30.7. The number of ether oxygens (including phenoxy) is 1. The number of benzene rings is 1. The highest BCUT2D eigenvalue weighted by Gasteiger charge is 2.30. The molecule has 0 aliphatic carbocycles. The summed E-state index contributed by atoms with van der Waals surface area (Å²) >= 11 is -1.55. The maximum absolute atomic E-state index is 12.1. The molecule has 0 bridgehead atoms. The van der Waals surface area contributed by atoms with E-state index in [9.17, 15) is 13.6 Å². The summed E-state index contributed by atoms with van der Waals surface area (Å²) in [5, 5.41) is 16.4. The molecule has 1 aliphatic heterocycles. The number of azo groups is 1. The number of aromatic nitrogens is 2. The van der Waals surface area contributed by atoms with Gasteiger partial charge in [0.1, 0.15) is 5.69 Å². The normalized spacial score (nSPS) is 16.5. The first kappa shape index (κ1) is 27.2. The first-order valence-electron chi connectivity index (χ1n) is 12.1. The third-order valence-electron chi connectivity index (χ3n) is 6.18. The van der Waals surface area contributed by atoms with Gasteiger partial charge in [0.25, 0.3) is 5.13 Å². The number of nitrogens with one attached hydrogen (secondary N) is 1. The molecule has 0 saturated carbocycles. The van der Waals surface area contributed by atoms with Crippen molar-refractivity contribution in [2.75, 3.05) is 16.2 Å². The van der Waals surface area contributed by atoms with Crippen LogP contribution in [-0.4, -0.2) is 43.6 Å². The Morgan fingerprint density at radius 1 is 1.29 bits per heavy atom. The van der Waals surface area contributed by atoms with E-state index in [-0.39, 0.29) is 10.1 Å². The van der Waals surface area contributed by atoms with Crippen molar-refractivity contribution in [1.29, 1.82) is 0 Å². The Kier molecular flexibility index (Phi) is 10.1. The van der Waals surface area contributed by atoms with Crippen LogP contribution in [0.1, 0.15) is 81.6 Å². The van der Waals surface area contributed by atoms with Crippen LogP contribution in [0.25, 0.3) is 0 Å². The summed E-state index contributed by atoms with van der Waals surface area (Å²) in [6.45, 7) is 8.89. The minimum Gasteiger partial charge on any atom is -0.755 e. The van der Waals surface area contributed by atoms with Crippen LogP contribution in [0.4, 0.5) is 22.2 Å². The van der Waals surface area contributed by atoms with E-state index in [2.05, 4.69) is 50.8 Å². The third-order valence-corrected chi connectivity index (χ3v) is 7.35. The second-order valence-corrected chi connectivity index (χ2v) is 10.0. The predicted molar refractivity (Wildman–Crippen MR) is 138 cm³/mol. The number of carbonyl (C=O) groups is 1. The largest absolute Gasteiger partial charge is 0.755 e. The molecule has 2 aromatic rings. The second kappa shape index (κ2) is 13.0. The number of rotatable bonds is 12. The molecule has 12 heteroatoms. The number of aryl methyl sites for hydroxylation is 1. The molecule has 1 aromatic carbocycles. The van der Waals surface area contributed by atoms with Gasteiger partial charge in [-0.05, 0) is 56.2 Å². The SMILES string of the molecule is CCCCOC(=O)c1nnc(N=Nc2cc3c(cc2NS(=O)[O-])N(C(CC)CC)C(CC)CC3)s1. The average molecular weight is 522 g/mol. The van der Waals surface area contributed by atoms with Gasteiger partial charge in [-0.2, -0.15) is 0 Å². The molecular formula is C23H33N6O4S2-. The minimum absolute atomic E-state index is 0.103. The molecule has 2 unspecified atom stereocenters. The van der Waals surface area contributed by atoms with E-state index in [1.807, 2.05) is 19.1 Å². The van der Waals surface area contributed by atoms with Crippen LogP contribution >= 0.6 is 11.3 Å². The van der Waals surface area contributed by atoms with Crippen molar-refractivity contribution in [3.05, 3.63) is 22.7 Å². The van der Waals surface area contributed by atoms with Crippen molar-refractivity contribution in [3.8, 4) is 0 Å². The van der Waals surface area contributed by atoms with Crippen LogP contribution < -0.4 is 9.62 Å². The number of hydrogen-bond donors (Lipinski definition) is 1. The maximum atomic E-state index is 12.1. The molecule has 0 fully saturated rings. The van der Waals surface area contributed by atoms with Gasteiger partial charge in [0.2, 0.25) is 5.01 Å². The number of carbonyl (C=O) groups excluding carboxylic acids is 1. The van der Waals surface area contributed by atoms with E-state index in [1.165, 1.54) is 0 Å². The second-order valence-electron chi connectivity index (χ2n) is 8.39. The molecule has 10 nitrogen and oxygen atoms in total. The van der Waals surface area contributed by atoms with E-state index in [4.69, 9.17) is 4.74 Å². The Morgan fingerprint density at radius 3 is 2.71 bits per heavy atom. The highest BCUT2D eigenvalue weighted by atomic mass is 32.2. The molecule has 0 spiro atoms. The zero-order chi connectivity index (χ0) is 25.4. The Balaban J connectivity index is 1.91. The summed E-state index contributed by atoms with van der Waals surface area (Å²) in [6.07, 6.45) is 6.63. The summed E-state index contributed by atoms with van der Waals surface area (Å²) in [7, 11) is 0. The van der Waals surface area contributed by atoms with Crippen molar-refractivity contribution in [1.82, 2.24) is 10.2 Å². The first-order valence-corrected chi connectivity index (χ1v) is 14.0. The number of unbranched alkanes of at least 4 members (excludes halogenated alkanes) is 1. The molecule has 2 heterocycles. The molecular weight excluding hydrogens is 488 g/mol. The molecule has 2 atom stereocenters. The van der Waals surface area contributed by atoms with Crippen LogP contribution in [0.5, 0.6) is 0 Å². The Morgan fingerprint density at radius 2 is 2.06 bits per heavy atom. The summed E-state index contributed by atoms with van der Waals surface area (Å²) in [5.74, 6) is -0.540. The smallest absolute Gasteiger partial charge is 0.369 e. The molecule has 1 aliphatic rings. The molecule has 192 valence electrons. The topological polar surface area (TPSA) is 132 Å². The summed E-state index contributed by atoms with van der Waals surface area (Å²) in [6, 6.07) is 4.52. The predicted octanol–water partition coefficient (Wildman–Crippen LogP) is 5.84. The highest BCUT2D eigenvalue weighted by molar-refractivity contribution is 7.80. The van der Waals surface area contributed by atoms with Crippen LogP contribution in [0.3, 0.4) is 0 Å². The lowest BCUT2D eigenvalue weighted by atomic mass is 9.90. The van der Waals surface area contributed by atoms with Gasteiger partial charge < -0.3 is 18.9 Å². The molecule has 0 amide bonds. The maximum Gasteiger partial charge on any atom is 0.369 e. The average Bonchev–Trinajstić information content (AvgIpc) is 3.32. The van der Waals surface area contributed by atoms with E-state index in [1.54, 1.807) is 0 Å². The minimum atomic E-state index is -2.52. The lowest BCUT2D eigenvalue weighted by Gasteiger charge is -2.44. The van der Waals surface area contributed by atoms with Crippen LogP contribution in [0, 0.1) is 0 Å². The number of hydrogen-bond acceptors (Lipinski definition) is 10. The summed E-state index contributed by atoms with van der Waals surface area (Å²) in [4.78, 5) is 14.5. The monoisotopic (exact) mass is 521 g/mol. The number of fused-ring (bicyclic) bond motifs is 1. The van der Waals surface area contributed by atoms with Crippen molar-refractivity contribution < 1.29 is 18.3 Å². The number of anilines is 2. The first-order chi connectivity index (χ1) is 16.9. The molecule has 0 saturated heterocycles. The Labute approximate surface area is 213 Å². The van der Waals surface area contributed by atoms with Gasteiger partial charge in [-0.15, -0.1) is 20.4 Å². The fourth-order valence-corrected chi connectivity index (χ4v) is 5.26. The van der Waals surface area contributed by atoms with Gasteiger partial charge in [0.15, 0.2) is 0 Å². The number of nitrogens with zero attached hydrogens (tertiary/aromatic N) is 5. The van der Waals surface area contributed by atoms with Crippen molar-refractivity contribution >= 4 is 50.8 Å². The summed E-state index contributed by atoms with van der Waals surface area (Å²) in [5.41, 5.74) is 2.87. The molecule has 0 radical (unpaired) electrons. The molecule has 1 N–H and O–H groups in total.